The summed E-state index contributed by atoms with van der Waals surface area (Å²) in [5.74, 6) is -0.375. The summed E-state index contributed by atoms with van der Waals surface area (Å²) in [6.45, 7) is 4.98. The van der Waals surface area contributed by atoms with Crippen LogP contribution >= 0.6 is 0 Å². The van der Waals surface area contributed by atoms with Crippen molar-refractivity contribution in [2.75, 3.05) is 13.1 Å². The molecule has 2 rings (SSSR count). The fourth-order valence-corrected chi connectivity index (χ4v) is 2.32. The SMILES string of the molecule is CCC1CC1NC(=O)N1CC(C(C)C(=O)O)C1. The number of urea groups is 1. The predicted octanol–water partition coefficient (Wildman–Crippen LogP) is 1.15. The van der Waals surface area contributed by atoms with E-state index in [2.05, 4.69) is 12.2 Å². The van der Waals surface area contributed by atoms with Gasteiger partial charge in [-0.1, -0.05) is 20.3 Å². The van der Waals surface area contributed by atoms with E-state index < -0.39 is 5.97 Å². The molecule has 1 aliphatic heterocycles. The van der Waals surface area contributed by atoms with Crippen molar-refractivity contribution in [1.82, 2.24) is 10.2 Å². The molecule has 2 aliphatic rings. The van der Waals surface area contributed by atoms with Gasteiger partial charge in [0.2, 0.25) is 0 Å². The van der Waals surface area contributed by atoms with Crippen molar-refractivity contribution >= 4 is 12.0 Å². The van der Waals surface area contributed by atoms with Crippen LogP contribution < -0.4 is 5.32 Å². The number of carbonyl (C=O) groups is 2. The number of carboxylic acid groups (broad SMARTS) is 1. The minimum absolute atomic E-state index is 0.0280. The first-order valence-corrected chi connectivity index (χ1v) is 6.31. The standard InChI is InChI=1S/C12H20N2O3/c1-3-8-4-10(8)13-12(17)14-5-9(6-14)7(2)11(15)16/h7-10H,3-6H2,1-2H3,(H,13,17)(H,15,16). The molecule has 2 N–H and O–H groups in total. The predicted molar refractivity (Wildman–Crippen MR) is 62.6 cm³/mol. The van der Waals surface area contributed by atoms with Gasteiger partial charge in [0.25, 0.3) is 0 Å². The summed E-state index contributed by atoms with van der Waals surface area (Å²) >= 11 is 0. The number of likely N-dealkylation sites (tertiary alicyclic amines) is 1. The summed E-state index contributed by atoms with van der Waals surface area (Å²) in [4.78, 5) is 24.2. The van der Waals surface area contributed by atoms with Crippen LogP contribution in [0.1, 0.15) is 26.7 Å². The zero-order valence-corrected chi connectivity index (χ0v) is 10.3. The second-order valence-electron chi connectivity index (χ2n) is 5.25. The Hall–Kier alpha value is -1.26. The molecule has 96 valence electrons. The number of aliphatic carboxylic acids is 1. The smallest absolute Gasteiger partial charge is 0.317 e. The molecule has 2 amide bonds. The maximum atomic E-state index is 11.7. The molecule has 0 aromatic carbocycles. The summed E-state index contributed by atoms with van der Waals surface area (Å²) in [6, 6.07) is 0.322. The number of carboxylic acids is 1. The van der Waals surface area contributed by atoms with Gasteiger partial charge in [-0.05, 0) is 12.3 Å². The number of amides is 2. The van der Waals surface area contributed by atoms with E-state index >= 15 is 0 Å². The number of carbonyl (C=O) groups excluding carboxylic acids is 1. The van der Waals surface area contributed by atoms with Crippen molar-refractivity contribution in [3.05, 3.63) is 0 Å². The molecule has 3 atom stereocenters. The van der Waals surface area contributed by atoms with Crippen molar-refractivity contribution in [2.24, 2.45) is 17.8 Å². The van der Waals surface area contributed by atoms with Gasteiger partial charge < -0.3 is 15.3 Å². The van der Waals surface area contributed by atoms with Crippen molar-refractivity contribution in [1.29, 1.82) is 0 Å². The third-order valence-electron chi connectivity index (χ3n) is 4.05. The van der Waals surface area contributed by atoms with E-state index in [9.17, 15) is 9.59 Å². The number of hydrogen-bond donors (Lipinski definition) is 2. The minimum Gasteiger partial charge on any atom is -0.481 e. The average Bonchev–Trinajstić information content (AvgIpc) is 2.93. The molecule has 3 unspecified atom stereocenters. The number of nitrogens with one attached hydrogen (secondary N) is 1. The highest BCUT2D eigenvalue weighted by Crippen LogP contribution is 2.33. The Morgan fingerprint density at radius 1 is 1.47 bits per heavy atom. The van der Waals surface area contributed by atoms with Crippen LogP contribution in [0.5, 0.6) is 0 Å². The van der Waals surface area contributed by atoms with Crippen LogP contribution in [0.25, 0.3) is 0 Å². The van der Waals surface area contributed by atoms with E-state index in [0.29, 0.717) is 25.0 Å². The highest BCUT2D eigenvalue weighted by atomic mass is 16.4. The van der Waals surface area contributed by atoms with Gasteiger partial charge in [0.15, 0.2) is 0 Å². The van der Waals surface area contributed by atoms with E-state index in [1.165, 1.54) is 0 Å². The van der Waals surface area contributed by atoms with E-state index in [4.69, 9.17) is 5.11 Å². The second kappa shape index (κ2) is 4.55. The molecule has 0 spiro atoms. The summed E-state index contributed by atoms with van der Waals surface area (Å²) in [7, 11) is 0. The maximum absolute atomic E-state index is 11.7. The zero-order valence-electron chi connectivity index (χ0n) is 10.3. The zero-order chi connectivity index (χ0) is 12.6. The monoisotopic (exact) mass is 240 g/mol. The first-order chi connectivity index (χ1) is 8.02. The topological polar surface area (TPSA) is 69.6 Å². The quantitative estimate of drug-likeness (QED) is 0.774. The molecule has 1 aliphatic carbocycles. The first-order valence-electron chi connectivity index (χ1n) is 6.31. The van der Waals surface area contributed by atoms with Crippen molar-refractivity contribution in [2.45, 2.75) is 32.7 Å². The lowest BCUT2D eigenvalue weighted by Gasteiger charge is -2.41. The fourth-order valence-electron chi connectivity index (χ4n) is 2.32. The van der Waals surface area contributed by atoms with E-state index in [-0.39, 0.29) is 17.9 Å². The Bertz CT molecular complexity index is 326. The van der Waals surface area contributed by atoms with Crippen LogP contribution in [0.2, 0.25) is 0 Å². The molecule has 0 aromatic heterocycles. The minimum atomic E-state index is -0.775. The van der Waals surface area contributed by atoms with Gasteiger partial charge in [-0.15, -0.1) is 0 Å². The average molecular weight is 240 g/mol. The van der Waals surface area contributed by atoms with Gasteiger partial charge in [0, 0.05) is 25.0 Å². The van der Waals surface area contributed by atoms with E-state index in [1.54, 1.807) is 11.8 Å². The normalized spacial score (nSPS) is 29.4. The number of rotatable bonds is 4. The third-order valence-corrected chi connectivity index (χ3v) is 4.05. The van der Waals surface area contributed by atoms with Crippen molar-refractivity contribution < 1.29 is 14.7 Å². The van der Waals surface area contributed by atoms with Crippen molar-refractivity contribution in [3.63, 3.8) is 0 Å². The van der Waals surface area contributed by atoms with Gasteiger partial charge in [-0.2, -0.15) is 0 Å². The lowest BCUT2D eigenvalue weighted by atomic mass is 9.87. The Morgan fingerprint density at radius 3 is 2.59 bits per heavy atom. The molecule has 1 saturated carbocycles. The summed E-state index contributed by atoms with van der Waals surface area (Å²) in [6.07, 6.45) is 2.20. The molecule has 1 saturated heterocycles. The first kappa shape index (κ1) is 12.2. The molecule has 5 nitrogen and oxygen atoms in total. The summed E-state index contributed by atoms with van der Waals surface area (Å²) in [5, 5.41) is 11.8. The molecule has 0 aromatic rings. The highest BCUT2D eigenvalue weighted by molar-refractivity contribution is 5.76. The van der Waals surface area contributed by atoms with Crippen LogP contribution in [0.15, 0.2) is 0 Å². The molecule has 1 heterocycles. The van der Waals surface area contributed by atoms with Crippen LogP contribution in [0.4, 0.5) is 4.79 Å². The van der Waals surface area contributed by atoms with Gasteiger partial charge in [-0.3, -0.25) is 4.79 Å². The molecule has 5 heteroatoms. The Kier molecular flexibility index (Phi) is 3.26. The molecule has 0 radical (unpaired) electrons. The lowest BCUT2D eigenvalue weighted by Crippen LogP contribution is -2.56. The highest BCUT2D eigenvalue weighted by Gasteiger charge is 2.41. The van der Waals surface area contributed by atoms with Crippen LogP contribution in [-0.4, -0.2) is 41.1 Å². The van der Waals surface area contributed by atoms with Crippen LogP contribution in [0.3, 0.4) is 0 Å². The van der Waals surface area contributed by atoms with Crippen LogP contribution in [-0.2, 0) is 4.79 Å². The van der Waals surface area contributed by atoms with Gasteiger partial charge in [0.05, 0.1) is 5.92 Å². The number of nitrogens with zero attached hydrogens (tertiary/aromatic N) is 1. The molecule has 17 heavy (non-hydrogen) atoms. The maximum Gasteiger partial charge on any atom is 0.317 e. The van der Waals surface area contributed by atoms with Gasteiger partial charge in [-0.25, -0.2) is 4.79 Å². The molecular formula is C12H20N2O3. The molecule has 0 bridgehead atoms. The van der Waals surface area contributed by atoms with Crippen molar-refractivity contribution in [3.8, 4) is 0 Å². The van der Waals surface area contributed by atoms with Crippen LogP contribution in [0, 0.1) is 17.8 Å². The Balaban J connectivity index is 1.69. The summed E-state index contributed by atoms with van der Waals surface area (Å²) < 4.78 is 0. The lowest BCUT2D eigenvalue weighted by molar-refractivity contribution is -0.144. The number of hydrogen-bond acceptors (Lipinski definition) is 2. The summed E-state index contributed by atoms with van der Waals surface area (Å²) in [5.41, 5.74) is 0. The third kappa shape index (κ3) is 2.53. The van der Waals surface area contributed by atoms with Gasteiger partial charge in [0.1, 0.15) is 0 Å². The largest absolute Gasteiger partial charge is 0.481 e. The van der Waals surface area contributed by atoms with E-state index in [0.717, 1.165) is 12.8 Å². The Morgan fingerprint density at radius 2 is 2.12 bits per heavy atom. The molecular weight excluding hydrogens is 220 g/mol. The fraction of sp³-hybridized carbons (Fsp3) is 0.833. The van der Waals surface area contributed by atoms with E-state index in [1.807, 2.05) is 0 Å². The molecule has 2 fully saturated rings. The Labute approximate surface area is 101 Å². The second-order valence-corrected chi connectivity index (χ2v) is 5.25. The van der Waals surface area contributed by atoms with Gasteiger partial charge >= 0.3 is 12.0 Å².